The van der Waals surface area contributed by atoms with Gasteiger partial charge < -0.3 is 30.2 Å². The normalized spacial score (nSPS) is 25.4. The minimum absolute atomic E-state index is 0.00483. The Labute approximate surface area is 283 Å². The first-order valence-electron chi connectivity index (χ1n) is 19.3. The van der Waals surface area contributed by atoms with Crippen LogP contribution in [0.15, 0.2) is 0 Å². The van der Waals surface area contributed by atoms with Crippen LogP contribution in [-0.2, 0) is 0 Å². The molecular weight excluding hydrogens is 572 g/mol. The molecule has 0 aliphatic carbocycles. The molecule has 0 aromatic carbocycles. The van der Waals surface area contributed by atoms with E-state index >= 15 is 0 Å². The van der Waals surface area contributed by atoms with E-state index < -0.39 is 0 Å². The van der Waals surface area contributed by atoms with Crippen LogP contribution in [0.5, 0.6) is 0 Å². The van der Waals surface area contributed by atoms with Crippen molar-refractivity contribution in [3.05, 3.63) is 0 Å². The number of hydrogen-bond donors (Lipinski definition) is 2. The molecule has 0 saturated carbocycles. The van der Waals surface area contributed by atoms with E-state index in [-0.39, 0.29) is 46.3 Å². The third-order valence-electron chi connectivity index (χ3n) is 11.0. The number of nitrogens with zero attached hydrogens (tertiary/aromatic N) is 4. The van der Waals surface area contributed by atoms with Crippen molar-refractivity contribution in [1.29, 1.82) is 0 Å². The molecule has 4 aliphatic heterocycles. The topological polar surface area (TPSA) is 71.2 Å². The largest absolute Gasteiger partial charge is 0.325 e. The fourth-order valence-electron chi connectivity index (χ4n) is 9.65. The summed E-state index contributed by atoms with van der Waals surface area (Å²) in [6, 6.07) is 1.06. The van der Waals surface area contributed by atoms with Crippen molar-refractivity contribution >= 4 is 12.1 Å². The summed E-state index contributed by atoms with van der Waals surface area (Å²) in [7, 11) is 0. The molecule has 4 saturated heterocycles. The number of amides is 4. The lowest BCUT2D eigenvalue weighted by Crippen LogP contribution is -2.64. The van der Waals surface area contributed by atoms with Gasteiger partial charge in [0, 0.05) is 73.5 Å². The summed E-state index contributed by atoms with van der Waals surface area (Å²) in [6.07, 6.45) is 17.7. The number of urea groups is 2. The van der Waals surface area contributed by atoms with Gasteiger partial charge in [-0.15, -0.1) is 0 Å². The summed E-state index contributed by atoms with van der Waals surface area (Å²) < 4.78 is 0. The summed E-state index contributed by atoms with van der Waals surface area (Å²) in [5, 5.41) is 7.64. The Morgan fingerprint density at radius 1 is 0.500 bits per heavy atom. The maximum absolute atomic E-state index is 14.1. The van der Waals surface area contributed by atoms with Crippen molar-refractivity contribution in [2.75, 3.05) is 39.3 Å². The van der Waals surface area contributed by atoms with Crippen molar-refractivity contribution < 1.29 is 9.59 Å². The van der Waals surface area contributed by atoms with Crippen LogP contribution in [0.2, 0.25) is 0 Å². The molecule has 4 aliphatic rings. The number of unbranched alkanes of at least 4 members (excludes halogenated alkanes) is 3. The molecule has 266 valence electrons. The van der Waals surface area contributed by atoms with Crippen LogP contribution in [0, 0.1) is 0 Å². The van der Waals surface area contributed by atoms with Gasteiger partial charge in [-0.3, -0.25) is 0 Å². The standard InChI is InChI=1S/C38H72N6O2/c1-35(2)27-31(28-36(3,4)39-35)43(33(45)41-21-15-9-10-16-22-41)25-19-13-14-20-26-44(34(46)42-23-17-11-12-18-24-42)32-29-37(5,6)40-38(7,8)30-32/h31-32,39-40H,9-30H2,1-8H3. The Hall–Kier alpha value is -1.54. The smallest absolute Gasteiger partial charge is 0.320 e. The van der Waals surface area contributed by atoms with Gasteiger partial charge in [0.2, 0.25) is 0 Å². The Bertz CT molecular complexity index is 868. The number of likely N-dealkylation sites (tertiary alicyclic amines) is 2. The SMILES string of the molecule is CC1(C)CC(N(CCCCCCN(C(=O)N2CCCCCC2)C2CC(C)(C)NC(C)(C)C2)C(=O)N2CCCCCC2)CC(C)(C)N1. The van der Waals surface area contributed by atoms with E-state index in [1.807, 2.05) is 0 Å². The molecular formula is C38H72N6O2. The van der Waals surface area contributed by atoms with Gasteiger partial charge in [0.25, 0.3) is 0 Å². The highest BCUT2D eigenvalue weighted by Gasteiger charge is 2.43. The number of carbonyl (C=O) groups excluding carboxylic acids is 2. The molecule has 4 amide bonds. The summed E-state index contributed by atoms with van der Waals surface area (Å²) in [5.41, 5.74) is 0.0193. The molecule has 4 heterocycles. The van der Waals surface area contributed by atoms with Crippen LogP contribution in [-0.4, -0.2) is 105 Å². The van der Waals surface area contributed by atoms with E-state index in [1.165, 1.54) is 25.7 Å². The molecule has 0 atom stereocenters. The highest BCUT2D eigenvalue weighted by atomic mass is 16.2. The third-order valence-corrected chi connectivity index (χ3v) is 11.0. The molecule has 4 rings (SSSR count). The predicted molar refractivity (Wildman–Crippen MR) is 191 cm³/mol. The van der Waals surface area contributed by atoms with Crippen molar-refractivity contribution in [3.8, 4) is 0 Å². The Morgan fingerprint density at radius 2 is 0.783 bits per heavy atom. The number of nitrogens with one attached hydrogen (secondary N) is 2. The molecule has 0 spiro atoms. The Balaban J connectivity index is 1.38. The predicted octanol–water partition coefficient (Wildman–Crippen LogP) is 7.76. The van der Waals surface area contributed by atoms with Gasteiger partial charge in [-0.2, -0.15) is 0 Å². The van der Waals surface area contributed by atoms with Crippen LogP contribution >= 0.6 is 0 Å². The molecule has 46 heavy (non-hydrogen) atoms. The van der Waals surface area contributed by atoms with Crippen molar-refractivity contribution in [2.24, 2.45) is 0 Å². The maximum Gasteiger partial charge on any atom is 0.320 e. The highest BCUT2D eigenvalue weighted by Crippen LogP contribution is 2.34. The summed E-state index contributed by atoms with van der Waals surface area (Å²) >= 11 is 0. The van der Waals surface area contributed by atoms with Gasteiger partial charge >= 0.3 is 12.1 Å². The molecule has 0 unspecified atom stereocenters. The molecule has 0 radical (unpaired) electrons. The van der Waals surface area contributed by atoms with Gasteiger partial charge in [-0.25, -0.2) is 9.59 Å². The minimum Gasteiger partial charge on any atom is -0.325 e. The second-order valence-corrected chi connectivity index (χ2v) is 18.1. The molecule has 4 fully saturated rings. The van der Waals surface area contributed by atoms with Crippen molar-refractivity contribution in [1.82, 2.24) is 30.2 Å². The van der Waals surface area contributed by atoms with E-state index in [0.717, 1.165) is 116 Å². The molecule has 0 aromatic heterocycles. The lowest BCUT2D eigenvalue weighted by Gasteiger charge is -2.50. The summed E-state index contributed by atoms with van der Waals surface area (Å²) in [4.78, 5) is 37.0. The fraction of sp³-hybridized carbons (Fsp3) is 0.947. The quantitative estimate of drug-likeness (QED) is 0.252. The van der Waals surface area contributed by atoms with E-state index in [9.17, 15) is 9.59 Å². The number of carbonyl (C=O) groups is 2. The van der Waals surface area contributed by atoms with Crippen LogP contribution in [0.3, 0.4) is 0 Å². The molecule has 8 nitrogen and oxygen atoms in total. The maximum atomic E-state index is 14.1. The Morgan fingerprint density at radius 3 is 1.07 bits per heavy atom. The van der Waals surface area contributed by atoms with Gasteiger partial charge in [-0.1, -0.05) is 38.5 Å². The fourth-order valence-corrected chi connectivity index (χ4v) is 9.65. The molecule has 0 aromatic rings. The second kappa shape index (κ2) is 15.8. The first-order chi connectivity index (χ1) is 21.6. The highest BCUT2D eigenvalue weighted by molar-refractivity contribution is 5.75. The monoisotopic (exact) mass is 645 g/mol. The minimum atomic E-state index is 0.00483. The van der Waals surface area contributed by atoms with Gasteiger partial charge in [0.05, 0.1) is 0 Å². The van der Waals surface area contributed by atoms with Crippen LogP contribution in [0.25, 0.3) is 0 Å². The number of rotatable bonds is 9. The number of piperidine rings is 2. The third kappa shape index (κ3) is 11.0. The average Bonchev–Trinajstić information content (AvgIpc) is 3.36. The van der Waals surface area contributed by atoms with E-state index in [4.69, 9.17) is 0 Å². The van der Waals surface area contributed by atoms with Crippen LogP contribution in [0.4, 0.5) is 9.59 Å². The van der Waals surface area contributed by atoms with E-state index in [0.29, 0.717) is 0 Å². The summed E-state index contributed by atoms with van der Waals surface area (Å²) in [5.74, 6) is 0. The molecule has 0 bridgehead atoms. The molecule has 8 heteroatoms. The summed E-state index contributed by atoms with van der Waals surface area (Å²) in [6.45, 7) is 23.6. The van der Waals surface area contributed by atoms with Gasteiger partial charge in [0.1, 0.15) is 0 Å². The van der Waals surface area contributed by atoms with Crippen molar-refractivity contribution in [2.45, 2.75) is 192 Å². The number of hydrogen-bond acceptors (Lipinski definition) is 4. The Kier molecular flexibility index (Phi) is 12.8. The molecule has 2 N–H and O–H groups in total. The van der Waals surface area contributed by atoms with E-state index in [2.05, 4.69) is 85.6 Å². The zero-order valence-electron chi connectivity index (χ0n) is 31.3. The van der Waals surface area contributed by atoms with Crippen LogP contribution < -0.4 is 10.6 Å². The van der Waals surface area contributed by atoms with Gasteiger partial charge in [0.15, 0.2) is 0 Å². The second-order valence-electron chi connectivity index (χ2n) is 18.1. The van der Waals surface area contributed by atoms with Crippen molar-refractivity contribution in [3.63, 3.8) is 0 Å². The first kappa shape index (κ1) is 37.3. The lowest BCUT2D eigenvalue weighted by atomic mass is 9.79. The van der Waals surface area contributed by atoms with E-state index in [1.54, 1.807) is 0 Å². The zero-order valence-corrected chi connectivity index (χ0v) is 31.3. The lowest BCUT2D eigenvalue weighted by molar-refractivity contribution is 0.0648. The van der Waals surface area contributed by atoms with Gasteiger partial charge in [-0.05, 0) is 120 Å². The average molecular weight is 645 g/mol. The first-order valence-corrected chi connectivity index (χ1v) is 19.3. The zero-order chi connectivity index (χ0) is 33.6. The van der Waals surface area contributed by atoms with Crippen LogP contribution in [0.1, 0.15) is 158 Å².